The molecular weight excluding hydrogens is 180 g/mol. The molecule has 80 valence electrons. The molecule has 0 bridgehead atoms. The molecule has 0 aliphatic rings. The first kappa shape index (κ1) is 13.1. The Bertz CT molecular complexity index is 140. The molecule has 0 aliphatic carbocycles. The third-order valence-corrected chi connectivity index (χ3v) is 2.88. The Kier molecular flexibility index (Phi) is 5.18. The lowest BCUT2D eigenvalue weighted by Crippen LogP contribution is -2.42. The minimum Gasteiger partial charge on any atom is -0.415 e. The van der Waals surface area contributed by atoms with Crippen molar-refractivity contribution in [3.63, 3.8) is 0 Å². The predicted molar refractivity (Wildman–Crippen MR) is 59.5 cm³/mol. The van der Waals surface area contributed by atoms with Crippen LogP contribution in [-0.2, 0) is 4.43 Å². The average Bonchev–Trinajstić information content (AvgIpc) is 1.96. The summed E-state index contributed by atoms with van der Waals surface area (Å²) in [5.41, 5.74) is 0.0344. The monoisotopic (exact) mass is 204 g/mol. The zero-order valence-electron chi connectivity index (χ0n) is 9.79. The fourth-order valence-corrected chi connectivity index (χ4v) is 2.56. The number of rotatable bonds is 4. The van der Waals surface area contributed by atoms with E-state index in [0.29, 0.717) is 0 Å². The third-order valence-electron chi connectivity index (χ3n) is 2.04. The average molecular weight is 204 g/mol. The van der Waals surface area contributed by atoms with Gasteiger partial charge in [0.15, 0.2) is 9.04 Å². The van der Waals surface area contributed by atoms with Gasteiger partial charge in [0, 0.05) is 0 Å². The van der Waals surface area contributed by atoms with E-state index in [0.717, 1.165) is 6.42 Å². The Morgan fingerprint density at radius 2 is 1.77 bits per heavy atom. The normalized spacial score (nSPS) is 17.5. The molecule has 3 heteroatoms. The Morgan fingerprint density at radius 1 is 1.31 bits per heavy atom. The van der Waals surface area contributed by atoms with Gasteiger partial charge in [-0.25, -0.2) is 0 Å². The standard InChI is InChI=1S/C10H24O2Si/c1-7-8(11)9(10(2,3)4)12-13(5)6/h8-9,11,13H,7H2,1-6H3. The van der Waals surface area contributed by atoms with Gasteiger partial charge in [-0.05, 0) is 24.9 Å². The number of hydrogen-bond acceptors (Lipinski definition) is 2. The van der Waals surface area contributed by atoms with Crippen LogP contribution in [0, 0.1) is 5.41 Å². The van der Waals surface area contributed by atoms with E-state index in [2.05, 4.69) is 33.9 Å². The van der Waals surface area contributed by atoms with Crippen molar-refractivity contribution in [2.45, 2.75) is 59.4 Å². The summed E-state index contributed by atoms with van der Waals surface area (Å²) in [4.78, 5) is 0. The van der Waals surface area contributed by atoms with E-state index in [4.69, 9.17) is 4.43 Å². The highest BCUT2D eigenvalue weighted by molar-refractivity contribution is 6.48. The van der Waals surface area contributed by atoms with Crippen molar-refractivity contribution < 1.29 is 9.53 Å². The number of hydrogen-bond donors (Lipinski definition) is 1. The molecule has 2 atom stereocenters. The van der Waals surface area contributed by atoms with E-state index < -0.39 is 9.04 Å². The third kappa shape index (κ3) is 4.79. The highest BCUT2D eigenvalue weighted by atomic mass is 28.3. The van der Waals surface area contributed by atoms with Crippen molar-refractivity contribution in [3.8, 4) is 0 Å². The molecule has 0 saturated carbocycles. The molecule has 2 unspecified atom stereocenters. The van der Waals surface area contributed by atoms with Gasteiger partial charge < -0.3 is 9.53 Å². The topological polar surface area (TPSA) is 29.5 Å². The maximum absolute atomic E-state index is 9.80. The molecule has 1 N–H and O–H groups in total. The van der Waals surface area contributed by atoms with E-state index in [1.54, 1.807) is 0 Å². The molecule has 2 nitrogen and oxygen atoms in total. The summed E-state index contributed by atoms with van der Waals surface area (Å²) in [5, 5.41) is 9.80. The van der Waals surface area contributed by atoms with E-state index in [1.807, 2.05) is 6.92 Å². The zero-order chi connectivity index (χ0) is 10.6. The largest absolute Gasteiger partial charge is 0.415 e. The molecule has 0 aromatic heterocycles. The molecule has 0 fully saturated rings. The first-order valence-electron chi connectivity index (χ1n) is 5.12. The Morgan fingerprint density at radius 3 is 2.00 bits per heavy atom. The highest BCUT2D eigenvalue weighted by Crippen LogP contribution is 2.26. The van der Waals surface area contributed by atoms with Gasteiger partial charge in [-0.3, -0.25) is 0 Å². The van der Waals surface area contributed by atoms with Crippen LogP contribution in [0.5, 0.6) is 0 Å². The summed E-state index contributed by atoms with van der Waals surface area (Å²) in [7, 11) is -1.06. The predicted octanol–water partition coefficient (Wildman–Crippen LogP) is 2.17. The molecule has 0 amide bonds. The fourth-order valence-electron chi connectivity index (χ4n) is 1.38. The molecule has 0 spiro atoms. The van der Waals surface area contributed by atoms with E-state index >= 15 is 0 Å². The molecule has 0 saturated heterocycles. The molecule has 13 heavy (non-hydrogen) atoms. The summed E-state index contributed by atoms with van der Waals surface area (Å²) >= 11 is 0. The van der Waals surface area contributed by atoms with Crippen LogP contribution in [0.3, 0.4) is 0 Å². The highest BCUT2D eigenvalue weighted by Gasteiger charge is 2.31. The minimum atomic E-state index is -1.06. The fraction of sp³-hybridized carbons (Fsp3) is 1.00. The summed E-state index contributed by atoms with van der Waals surface area (Å²) < 4.78 is 5.86. The summed E-state index contributed by atoms with van der Waals surface area (Å²) in [6.45, 7) is 12.6. The second-order valence-electron chi connectivity index (χ2n) is 4.95. The minimum absolute atomic E-state index is 0.0100. The molecular formula is C10H24O2Si. The SMILES string of the molecule is CCC(O)C(O[SiH](C)C)C(C)(C)C. The van der Waals surface area contributed by atoms with Gasteiger partial charge in [0.2, 0.25) is 0 Å². The van der Waals surface area contributed by atoms with Gasteiger partial charge in [0.1, 0.15) is 0 Å². The van der Waals surface area contributed by atoms with Crippen molar-refractivity contribution in [2.24, 2.45) is 5.41 Å². The lowest BCUT2D eigenvalue weighted by molar-refractivity contribution is -0.0295. The van der Waals surface area contributed by atoms with Gasteiger partial charge in [0.25, 0.3) is 0 Å². The molecule has 0 heterocycles. The van der Waals surface area contributed by atoms with Crippen LogP contribution in [0.4, 0.5) is 0 Å². The maximum atomic E-state index is 9.80. The molecule has 0 aromatic carbocycles. The van der Waals surface area contributed by atoms with Gasteiger partial charge >= 0.3 is 0 Å². The second-order valence-corrected chi connectivity index (χ2v) is 7.32. The van der Waals surface area contributed by atoms with Crippen molar-refractivity contribution in [3.05, 3.63) is 0 Å². The van der Waals surface area contributed by atoms with Crippen molar-refractivity contribution in [1.82, 2.24) is 0 Å². The van der Waals surface area contributed by atoms with Crippen molar-refractivity contribution in [1.29, 1.82) is 0 Å². The van der Waals surface area contributed by atoms with Crippen LogP contribution in [0.25, 0.3) is 0 Å². The van der Waals surface area contributed by atoms with Crippen LogP contribution in [0.1, 0.15) is 34.1 Å². The molecule has 0 aromatic rings. The van der Waals surface area contributed by atoms with Crippen LogP contribution in [0.2, 0.25) is 13.1 Å². The van der Waals surface area contributed by atoms with Crippen LogP contribution < -0.4 is 0 Å². The van der Waals surface area contributed by atoms with Gasteiger partial charge in [-0.1, -0.05) is 27.7 Å². The maximum Gasteiger partial charge on any atom is 0.171 e. The molecule has 0 rings (SSSR count). The first-order valence-corrected chi connectivity index (χ1v) is 7.90. The van der Waals surface area contributed by atoms with E-state index in [9.17, 15) is 5.11 Å². The quantitative estimate of drug-likeness (QED) is 0.711. The zero-order valence-corrected chi connectivity index (χ0v) is 10.9. The van der Waals surface area contributed by atoms with Gasteiger partial charge in [0.05, 0.1) is 12.2 Å². The molecule has 0 aliphatic heterocycles. The van der Waals surface area contributed by atoms with Crippen LogP contribution in [-0.4, -0.2) is 26.4 Å². The van der Waals surface area contributed by atoms with Crippen molar-refractivity contribution >= 4 is 9.04 Å². The molecule has 0 radical (unpaired) electrons. The van der Waals surface area contributed by atoms with E-state index in [-0.39, 0.29) is 17.6 Å². The van der Waals surface area contributed by atoms with Crippen LogP contribution in [0.15, 0.2) is 0 Å². The smallest absolute Gasteiger partial charge is 0.171 e. The number of aliphatic hydroxyl groups excluding tert-OH is 1. The van der Waals surface area contributed by atoms with Crippen molar-refractivity contribution in [2.75, 3.05) is 0 Å². The Hall–Kier alpha value is 0.137. The second kappa shape index (κ2) is 5.13. The van der Waals surface area contributed by atoms with Gasteiger partial charge in [-0.2, -0.15) is 0 Å². The lowest BCUT2D eigenvalue weighted by Gasteiger charge is -2.35. The summed E-state index contributed by atoms with van der Waals surface area (Å²) in [6.07, 6.45) is 0.433. The summed E-state index contributed by atoms with van der Waals surface area (Å²) in [6, 6.07) is 0. The first-order chi connectivity index (χ1) is 5.79. The van der Waals surface area contributed by atoms with E-state index in [1.165, 1.54) is 0 Å². The lowest BCUT2D eigenvalue weighted by atomic mass is 9.85. The Balaban J connectivity index is 4.37. The van der Waals surface area contributed by atoms with Crippen LogP contribution >= 0.6 is 0 Å². The summed E-state index contributed by atoms with van der Waals surface area (Å²) in [5.74, 6) is 0. The van der Waals surface area contributed by atoms with Gasteiger partial charge in [-0.15, -0.1) is 0 Å². The number of aliphatic hydroxyl groups is 1. The Labute approximate surface area is 84.0 Å².